The van der Waals surface area contributed by atoms with Crippen LogP contribution in [0, 0.1) is 6.92 Å². The van der Waals surface area contributed by atoms with Gasteiger partial charge < -0.3 is 15.2 Å². The Hall–Kier alpha value is -3.73. The van der Waals surface area contributed by atoms with Gasteiger partial charge in [0.15, 0.2) is 17.3 Å². The van der Waals surface area contributed by atoms with E-state index >= 15 is 0 Å². The molecular weight excluding hydrogens is 430 g/mol. The molecule has 2 N–H and O–H groups in total. The van der Waals surface area contributed by atoms with E-state index in [1.807, 2.05) is 30.6 Å². The minimum atomic E-state index is -0.177. The first kappa shape index (κ1) is 21.5. The molecule has 0 aliphatic carbocycles. The van der Waals surface area contributed by atoms with Crippen LogP contribution in [0.2, 0.25) is 0 Å². The predicted octanol–water partition coefficient (Wildman–Crippen LogP) is 2.02. The molecule has 0 saturated heterocycles. The maximum atomic E-state index is 12.7. The number of thiazole rings is 1. The smallest absolute Gasteiger partial charge is 0.255 e. The van der Waals surface area contributed by atoms with Gasteiger partial charge in [-0.15, -0.1) is 16.4 Å². The van der Waals surface area contributed by atoms with E-state index in [0.717, 1.165) is 22.6 Å². The van der Waals surface area contributed by atoms with Crippen molar-refractivity contribution in [2.45, 2.75) is 26.3 Å². The van der Waals surface area contributed by atoms with Gasteiger partial charge in [0, 0.05) is 30.3 Å². The third-order valence-corrected chi connectivity index (χ3v) is 6.00. The van der Waals surface area contributed by atoms with Crippen LogP contribution >= 0.6 is 11.3 Å². The molecule has 0 aliphatic rings. The Morgan fingerprint density at radius 3 is 2.62 bits per heavy atom. The molecular formula is C21H23N7O3S. The number of nitrogen functional groups attached to an aromatic ring is 1. The van der Waals surface area contributed by atoms with Gasteiger partial charge in [-0.3, -0.25) is 9.36 Å². The summed E-state index contributed by atoms with van der Waals surface area (Å²) in [5.74, 6) is 2.27. The molecule has 0 amide bonds. The van der Waals surface area contributed by atoms with Gasteiger partial charge >= 0.3 is 0 Å². The summed E-state index contributed by atoms with van der Waals surface area (Å²) in [6.45, 7) is 2.48. The molecule has 1 aromatic carbocycles. The summed E-state index contributed by atoms with van der Waals surface area (Å²) in [6, 6.07) is 7.03. The lowest BCUT2D eigenvalue weighted by Gasteiger charge is -2.10. The van der Waals surface area contributed by atoms with Crippen molar-refractivity contribution < 1.29 is 9.47 Å². The second-order valence-corrected chi connectivity index (χ2v) is 7.99. The Morgan fingerprint density at radius 1 is 1.12 bits per heavy atom. The third-order valence-electron chi connectivity index (χ3n) is 5.01. The number of hydrogen-bond acceptors (Lipinski definition) is 9. The van der Waals surface area contributed by atoms with Gasteiger partial charge in [0.2, 0.25) is 5.95 Å². The molecule has 0 atom stereocenters. The average Bonchev–Trinajstić information content (AvgIpc) is 3.37. The van der Waals surface area contributed by atoms with Gasteiger partial charge in [-0.05, 0) is 24.6 Å². The van der Waals surface area contributed by atoms with Crippen LogP contribution in [0.15, 0.2) is 40.9 Å². The highest BCUT2D eigenvalue weighted by atomic mass is 32.1. The number of ether oxygens (including phenoxy) is 2. The standard InChI is InChI=1S/C21H23N7O3S/c1-13-17(32-12-24-13)6-7-27-11-23-18(10-20(27)29)28-19(25-21(22)26-28)9-14-4-5-15(30-2)16(8-14)31-3/h4-5,8,10-12H,6-7,9H2,1-3H3,(H2,22,26). The summed E-state index contributed by atoms with van der Waals surface area (Å²) in [7, 11) is 3.17. The molecule has 0 fully saturated rings. The summed E-state index contributed by atoms with van der Waals surface area (Å²) in [4.78, 5) is 26.8. The minimum Gasteiger partial charge on any atom is -0.493 e. The molecule has 32 heavy (non-hydrogen) atoms. The predicted molar refractivity (Wildman–Crippen MR) is 121 cm³/mol. The Labute approximate surface area is 188 Å². The molecule has 0 unspecified atom stereocenters. The van der Waals surface area contributed by atoms with Crippen LogP contribution < -0.4 is 20.8 Å². The molecule has 3 aromatic heterocycles. The third kappa shape index (κ3) is 4.47. The van der Waals surface area contributed by atoms with Crippen molar-refractivity contribution in [2.24, 2.45) is 0 Å². The largest absolute Gasteiger partial charge is 0.493 e. The fourth-order valence-electron chi connectivity index (χ4n) is 3.32. The number of nitrogens with two attached hydrogens (primary N) is 1. The van der Waals surface area contributed by atoms with Crippen molar-refractivity contribution in [3.63, 3.8) is 0 Å². The topological polar surface area (TPSA) is 123 Å². The van der Waals surface area contributed by atoms with Crippen molar-refractivity contribution in [2.75, 3.05) is 20.0 Å². The van der Waals surface area contributed by atoms with Crippen molar-refractivity contribution in [1.82, 2.24) is 29.3 Å². The highest BCUT2D eigenvalue weighted by molar-refractivity contribution is 7.09. The van der Waals surface area contributed by atoms with Gasteiger partial charge in [-0.2, -0.15) is 9.67 Å². The maximum absolute atomic E-state index is 12.7. The van der Waals surface area contributed by atoms with E-state index < -0.39 is 0 Å². The molecule has 3 heterocycles. The second kappa shape index (κ2) is 9.18. The molecule has 0 bridgehead atoms. The summed E-state index contributed by atoms with van der Waals surface area (Å²) < 4.78 is 13.7. The Kier molecular flexibility index (Phi) is 6.17. The number of hydrogen-bond donors (Lipinski definition) is 1. The first-order valence-corrected chi connectivity index (χ1v) is 10.7. The molecule has 10 nitrogen and oxygen atoms in total. The first-order chi connectivity index (χ1) is 15.5. The molecule has 0 saturated carbocycles. The van der Waals surface area contributed by atoms with Crippen molar-refractivity contribution >= 4 is 17.3 Å². The summed E-state index contributed by atoms with van der Waals surface area (Å²) >= 11 is 1.59. The zero-order chi connectivity index (χ0) is 22.7. The van der Waals surface area contributed by atoms with Crippen LogP contribution in [0.4, 0.5) is 5.95 Å². The number of rotatable bonds is 8. The maximum Gasteiger partial charge on any atom is 0.255 e. The highest BCUT2D eigenvalue weighted by Crippen LogP contribution is 2.28. The van der Waals surface area contributed by atoms with Crippen LogP contribution in [0.1, 0.15) is 22.0 Å². The van der Waals surface area contributed by atoms with Gasteiger partial charge in [0.05, 0.1) is 31.8 Å². The van der Waals surface area contributed by atoms with Gasteiger partial charge in [-0.25, -0.2) is 9.97 Å². The Bertz CT molecular complexity index is 1290. The highest BCUT2D eigenvalue weighted by Gasteiger charge is 2.15. The number of anilines is 1. The van der Waals surface area contributed by atoms with Crippen molar-refractivity contribution in [1.29, 1.82) is 0 Å². The van der Waals surface area contributed by atoms with Crippen LogP contribution in [0.5, 0.6) is 11.5 Å². The van der Waals surface area contributed by atoms with E-state index in [2.05, 4.69) is 20.1 Å². The Morgan fingerprint density at radius 2 is 1.94 bits per heavy atom. The van der Waals surface area contributed by atoms with Crippen LogP contribution in [0.25, 0.3) is 5.82 Å². The molecule has 166 valence electrons. The fraction of sp³-hybridized carbons (Fsp3) is 0.286. The summed E-state index contributed by atoms with van der Waals surface area (Å²) in [5.41, 5.74) is 9.40. The molecule has 0 radical (unpaired) electrons. The number of aromatic nitrogens is 6. The Balaban J connectivity index is 1.57. The number of methoxy groups -OCH3 is 2. The quantitative estimate of drug-likeness (QED) is 0.430. The zero-order valence-corrected chi connectivity index (χ0v) is 18.8. The zero-order valence-electron chi connectivity index (χ0n) is 18.0. The van der Waals surface area contributed by atoms with Gasteiger partial charge in [0.1, 0.15) is 5.82 Å². The first-order valence-electron chi connectivity index (χ1n) is 9.86. The van der Waals surface area contributed by atoms with E-state index in [1.54, 1.807) is 30.1 Å². The van der Waals surface area contributed by atoms with E-state index in [1.165, 1.54) is 17.1 Å². The van der Waals surface area contributed by atoms with E-state index in [4.69, 9.17) is 15.2 Å². The SMILES string of the molecule is COc1ccc(Cc2nc(N)nn2-c2cc(=O)n(CCc3scnc3C)cn2)cc1OC. The average molecular weight is 454 g/mol. The second-order valence-electron chi connectivity index (χ2n) is 7.05. The number of benzene rings is 1. The molecule has 0 aliphatic heterocycles. The van der Waals surface area contributed by atoms with Crippen LogP contribution in [-0.4, -0.2) is 43.5 Å². The lowest BCUT2D eigenvalue weighted by atomic mass is 10.1. The molecule has 4 aromatic rings. The van der Waals surface area contributed by atoms with Crippen molar-refractivity contribution in [3.05, 3.63) is 68.4 Å². The van der Waals surface area contributed by atoms with Gasteiger partial charge in [0.25, 0.3) is 5.56 Å². The van der Waals surface area contributed by atoms with Crippen LogP contribution in [-0.2, 0) is 19.4 Å². The summed E-state index contributed by atoms with van der Waals surface area (Å²) in [6.07, 6.45) is 2.66. The fourth-order valence-corrected chi connectivity index (χ4v) is 4.09. The van der Waals surface area contributed by atoms with Gasteiger partial charge in [-0.1, -0.05) is 6.07 Å². The van der Waals surface area contributed by atoms with Crippen LogP contribution in [0.3, 0.4) is 0 Å². The lowest BCUT2D eigenvalue weighted by Crippen LogP contribution is -2.22. The molecule has 4 rings (SSSR count). The summed E-state index contributed by atoms with van der Waals surface area (Å²) in [5, 5.41) is 4.23. The number of aryl methyl sites for hydroxylation is 3. The lowest BCUT2D eigenvalue weighted by molar-refractivity contribution is 0.354. The van der Waals surface area contributed by atoms with E-state index in [-0.39, 0.29) is 11.5 Å². The number of nitrogens with zero attached hydrogens (tertiary/aromatic N) is 6. The minimum absolute atomic E-state index is 0.104. The van der Waals surface area contributed by atoms with Crippen molar-refractivity contribution in [3.8, 4) is 17.3 Å². The molecule has 11 heteroatoms. The normalized spacial score (nSPS) is 11.0. The monoisotopic (exact) mass is 453 g/mol. The van der Waals surface area contributed by atoms with E-state index in [0.29, 0.717) is 36.1 Å². The van der Waals surface area contributed by atoms with E-state index in [9.17, 15) is 4.79 Å². The molecule has 0 spiro atoms.